The fourth-order valence-electron chi connectivity index (χ4n) is 1.02. The zero-order valence-electron chi connectivity index (χ0n) is 7.91. The second-order valence-corrected chi connectivity index (χ2v) is 4.21. The van der Waals surface area contributed by atoms with Gasteiger partial charge in [-0.1, -0.05) is 18.2 Å². The molecule has 0 bridgehead atoms. The largest absolute Gasteiger partial charge is 0.494 e. The Morgan fingerprint density at radius 3 is 2.50 bits per heavy atom. The van der Waals surface area contributed by atoms with Crippen LogP contribution in [0.3, 0.4) is 0 Å². The molecule has 0 aliphatic heterocycles. The monoisotopic (exact) mass is 276 g/mol. The van der Waals surface area contributed by atoms with Crippen LogP contribution in [-0.2, 0) is 4.52 Å². The summed E-state index contributed by atoms with van der Waals surface area (Å²) in [5, 5.41) is 0. The molecule has 0 aromatic heterocycles. The van der Waals surface area contributed by atoms with Gasteiger partial charge in [0.15, 0.2) is 0 Å². The summed E-state index contributed by atoms with van der Waals surface area (Å²) in [6.45, 7) is 1.57. The molecule has 78 valence electrons. The van der Waals surface area contributed by atoms with Crippen LogP contribution in [0.15, 0.2) is 30.3 Å². The molecular formula is C10H14BrO2P. The number of halogens is 1. The van der Waals surface area contributed by atoms with Crippen molar-refractivity contribution in [3.8, 4) is 5.75 Å². The number of hydrogen-bond donors (Lipinski definition) is 0. The lowest BCUT2D eigenvalue weighted by Crippen LogP contribution is -1.98. The van der Waals surface area contributed by atoms with E-state index >= 15 is 0 Å². The Morgan fingerprint density at radius 1 is 1.07 bits per heavy atom. The van der Waals surface area contributed by atoms with E-state index in [1.54, 1.807) is 0 Å². The Bertz CT molecular complexity index is 231. The Labute approximate surface area is 94.6 Å². The van der Waals surface area contributed by atoms with Crippen LogP contribution < -0.4 is 4.74 Å². The van der Waals surface area contributed by atoms with Gasteiger partial charge in [-0.2, -0.15) is 0 Å². The first-order valence-corrected chi connectivity index (χ1v) is 7.75. The van der Waals surface area contributed by atoms with Crippen molar-refractivity contribution < 1.29 is 9.26 Å². The molecule has 1 aromatic carbocycles. The molecule has 4 heteroatoms. The fraction of sp³-hybridized carbons (Fsp3) is 0.400. The summed E-state index contributed by atoms with van der Waals surface area (Å²) in [5.74, 6) is 0.941. The van der Waals surface area contributed by atoms with E-state index in [9.17, 15) is 0 Å². The number of ether oxygens (including phenoxy) is 1. The van der Waals surface area contributed by atoms with Crippen molar-refractivity contribution in [1.82, 2.24) is 0 Å². The van der Waals surface area contributed by atoms with E-state index in [4.69, 9.17) is 9.26 Å². The molecule has 0 heterocycles. The average molecular weight is 277 g/mol. The molecule has 0 aliphatic rings. The second-order valence-electron chi connectivity index (χ2n) is 2.79. The van der Waals surface area contributed by atoms with Gasteiger partial charge < -0.3 is 9.26 Å². The van der Waals surface area contributed by atoms with E-state index < -0.39 is 0 Å². The smallest absolute Gasteiger partial charge is 0.119 e. The minimum atomic E-state index is 0.414. The topological polar surface area (TPSA) is 18.5 Å². The zero-order chi connectivity index (χ0) is 10.1. The van der Waals surface area contributed by atoms with Gasteiger partial charge in [-0.05, 0) is 40.5 Å². The lowest BCUT2D eigenvalue weighted by Gasteiger charge is -2.05. The maximum atomic E-state index is 5.52. The average Bonchev–Trinajstić information content (AvgIpc) is 2.25. The molecule has 0 N–H and O–H groups in total. The minimum Gasteiger partial charge on any atom is -0.494 e. The summed E-state index contributed by atoms with van der Waals surface area (Å²) in [4.78, 5) is 0. The maximum absolute atomic E-state index is 5.52. The molecule has 1 aromatic rings. The predicted molar refractivity (Wildman–Crippen MR) is 64.4 cm³/mol. The van der Waals surface area contributed by atoms with Gasteiger partial charge in [0.05, 0.1) is 20.7 Å². The second kappa shape index (κ2) is 8.22. The molecule has 2 nitrogen and oxygen atoms in total. The van der Waals surface area contributed by atoms with Crippen LogP contribution in [0.2, 0.25) is 0 Å². The number of unbranched alkanes of at least 4 members (excludes halogenated alkanes) is 1. The van der Waals surface area contributed by atoms with Crippen molar-refractivity contribution in [3.05, 3.63) is 30.3 Å². The minimum absolute atomic E-state index is 0.414. The molecule has 0 saturated heterocycles. The van der Waals surface area contributed by atoms with E-state index in [1.807, 2.05) is 30.3 Å². The van der Waals surface area contributed by atoms with Gasteiger partial charge in [0, 0.05) is 0 Å². The first kappa shape index (κ1) is 12.0. The summed E-state index contributed by atoms with van der Waals surface area (Å²) in [6, 6.07) is 9.87. The van der Waals surface area contributed by atoms with Crippen LogP contribution in [0.25, 0.3) is 0 Å². The summed E-state index contributed by atoms with van der Waals surface area (Å²) in [6.07, 6.45) is 2.08. The Kier molecular flexibility index (Phi) is 7.02. The molecule has 1 rings (SSSR count). The number of para-hydroxylation sites is 1. The molecule has 0 fully saturated rings. The summed E-state index contributed by atoms with van der Waals surface area (Å²) < 4.78 is 10.7. The van der Waals surface area contributed by atoms with E-state index in [-0.39, 0.29) is 0 Å². The molecule has 0 spiro atoms. The SMILES string of the molecule is BrPOCCCCOc1ccccc1. The lowest BCUT2D eigenvalue weighted by molar-refractivity contribution is 0.282. The first-order chi connectivity index (χ1) is 6.93. The van der Waals surface area contributed by atoms with E-state index in [1.165, 1.54) is 0 Å². The highest BCUT2D eigenvalue weighted by molar-refractivity contribution is 9.36. The van der Waals surface area contributed by atoms with Crippen LogP contribution in [0, 0.1) is 0 Å². The van der Waals surface area contributed by atoms with Gasteiger partial charge in [-0.25, -0.2) is 0 Å². The molecule has 14 heavy (non-hydrogen) atoms. The Hall–Kier alpha value is -0.110. The van der Waals surface area contributed by atoms with Crippen molar-refractivity contribution in [3.63, 3.8) is 0 Å². The first-order valence-electron chi connectivity index (χ1n) is 4.59. The molecule has 1 unspecified atom stereocenters. The highest BCUT2D eigenvalue weighted by atomic mass is 79.9. The highest BCUT2D eigenvalue weighted by Crippen LogP contribution is 2.20. The number of rotatable bonds is 7. The van der Waals surface area contributed by atoms with Crippen LogP contribution >= 0.6 is 23.0 Å². The van der Waals surface area contributed by atoms with Crippen molar-refractivity contribution in [2.24, 2.45) is 0 Å². The molecule has 1 atom stereocenters. The van der Waals surface area contributed by atoms with Crippen molar-refractivity contribution in [2.45, 2.75) is 12.8 Å². The molecule has 0 saturated carbocycles. The van der Waals surface area contributed by atoms with Crippen LogP contribution in [0.4, 0.5) is 0 Å². The molecule has 0 amide bonds. The standard InChI is InChI=1S/C10H14BrO2P/c11-14-13-9-5-4-8-12-10-6-2-1-3-7-10/h1-3,6-7,14H,4-5,8-9H2. The van der Waals surface area contributed by atoms with Gasteiger partial charge in [0.1, 0.15) is 5.75 Å². The van der Waals surface area contributed by atoms with E-state index in [0.29, 0.717) is 7.51 Å². The predicted octanol–water partition coefficient (Wildman–Crippen LogP) is 3.77. The molecular weight excluding hydrogens is 263 g/mol. The molecule has 0 radical (unpaired) electrons. The Morgan fingerprint density at radius 2 is 1.79 bits per heavy atom. The number of benzene rings is 1. The number of hydrogen-bond acceptors (Lipinski definition) is 2. The normalized spacial score (nSPS) is 10.9. The third-order valence-corrected chi connectivity index (χ3v) is 2.71. The Balaban J connectivity index is 1.99. The van der Waals surface area contributed by atoms with E-state index in [0.717, 1.165) is 31.8 Å². The van der Waals surface area contributed by atoms with Crippen molar-refractivity contribution in [1.29, 1.82) is 0 Å². The van der Waals surface area contributed by atoms with Gasteiger partial charge >= 0.3 is 0 Å². The summed E-state index contributed by atoms with van der Waals surface area (Å²) in [7, 11) is 0.414. The third kappa shape index (κ3) is 5.58. The van der Waals surface area contributed by atoms with Gasteiger partial charge in [-0.3, -0.25) is 0 Å². The van der Waals surface area contributed by atoms with Crippen LogP contribution in [0.1, 0.15) is 12.8 Å². The molecule has 0 aliphatic carbocycles. The quantitative estimate of drug-likeness (QED) is 0.558. The fourth-order valence-corrected chi connectivity index (χ4v) is 1.73. The van der Waals surface area contributed by atoms with Crippen LogP contribution in [-0.4, -0.2) is 13.2 Å². The van der Waals surface area contributed by atoms with Crippen molar-refractivity contribution in [2.75, 3.05) is 13.2 Å². The van der Waals surface area contributed by atoms with Gasteiger partial charge in [0.25, 0.3) is 0 Å². The summed E-state index contributed by atoms with van der Waals surface area (Å²) in [5.41, 5.74) is 0. The zero-order valence-corrected chi connectivity index (χ0v) is 10.5. The van der Waals surface area contributed by atoms with Gasteiger partial charge in [0.2, 0.25) is 0 Å². The van der Waals surface area contributed by atoms with Gasteiger partial charge in [-0.15, -0.1) is 0 Å². The van der Waals surface area contributed by atoms with Crippen molar-refractivity contribution >= 4 is 23.0 Å². The summed E-state index contributed by atoms with van der Waals surface area (Å²) >= 11 is 3.23. The van der Waals surface area contributed by atoms with Crippen LogP contribution in [0.5, 0.6) is 5.75 Å². The van der Waals surface area contributed by atoms with E-state index in [2.05, 4.69) is 15.5 Å². The highest BCUT2D eigenvalue weighted by Gasteiger charge is 1.92. The lowest BCUT2D eigenvalue weighted by atomic mass is 10.3. The maximum Gasteiger partial charge on any atom is 0.119 e. The third-order valence-electron chi connectivity index (χ3n) is 1.71.